The van der Waals surface area contributed by atoms with Gasteiger partial charge in [0.15, 0.2) is 0 Å². The molecule has 0 aromatic heterocycles. The van der Waals surface area contributed by atoms with E-state index in [4.69, 9.17) is 0 Å². The van der Waals surface area contributed by atoms with Gasteiger partial charge < -0.3 is 0 Å². The molecule has 2 aliphatic rings. The molecule has 0 aromatic rings. The predicted molar refractivity (Wildman–Crippen MR) is 107 cm³/mol. The van der Waals surface area contributed by atoms with E-state index in [-0.39, 0.29) is 0 Å². The Morgan fingerprint density at radius 2 is 1.50 bits per heavy atom. The molecule has 122 valence electrons. The first kappa shape index (κ1) is 17.7. The molecule has 0 unspecified atom stereocenters. The summed E-state index contributed by atoms with van der Waals surface area (Å²) in [6.45, 7) is 21.9. The maximum atomic E-state index is 2.59. The molecule has 0 N–H and O–H groups in total. The second-order valence-corrected chi connectivity index (χ2v) is 17.2. The Morgan fingerprint density at radius 3 is 1.91 bits per heavy atom. The van der Waals surface area contributed by atoms with Crippen molar-refractivity contribution in [2.45, 2.75) is 72.9 Å². The molecule has 0 nitrogen and oxygen atoms in total. The molecule has 0 aliphatic heterocycles. The average molecular weight is 331 g/mol. The van der Waals surface area contributed by atoms with Gasteiger partial charge in [-0.05, 0) is 56.9 Å². The molecule has 0 fully saturated rings. The number of rotatable bonds is 4. The highest BCUT2D eigenvalue weighted by Crippen LogP contribution is 2.48. The number of allylic oxidation sites excluding steroid dienone is 8. The maximum Gasteiger partial charge on any atom is 0.0647 e. The molecule has 0 atom stereocenters. The Kier molecular flexibility index (Phi) is 4.94. The van der Waals surface area contributed by atoms with Crippen molar-refractivity contribution in [2.24, 2.45) is 5.92 Å². The van der Waals surface area contributed by atoms with E-state index in [1.807, 2.05) is 0 Å². The van der Waals surface area contributed by atoms with E-state index in [0.717, 1.165) is 0 Å². The van der Waals surface area contributed by atoms with Crippen LogP contribution in [0.3, 0.4) is 0 Å². The van der Waals surface area contributed by atoms with Crippen molar-refractivity contribution in [1.82, 2.24) is 0 Å². The smallest absolute Gasteiger partial charge is 0.0647 e. The first-order valence-corrected chi connectivity index (χ1v) is 15.4. The van der Waals surface area contributed by atoms with Crippen molar-refractivity contribution in [3.8, 4) is 0 Å². The summed E-state index contributed by atoms with van der Waals surface area (Å²) in [5, 5.41) is 1.76. The summed E-state index contributed by atoms with van der Waals surface area (Å²) >= 11 is 0. The second-order valence-electron chi connectivity index (χ2n) is 8.82. The first-order valence-electron chi connectivity index (χ1n) is 8.82. The normalized spacial score (nSPS) is 20.9. The Labute approximate surface area is 140 Å². The van der Waals surface area contributed by atoms with Crippen molar-refractivity contribution in [3.63, 3.8) is 0 Å². The Balaban J connectivity index is 2.55. The molecule has 2 heteroatoms. The fourth-order valence-electron chi connectivity index (χ4n) is 4.16. The van der Waals surface area contributed by atoms with Crippen molar-refractivity contribution in [2.75, 3.05) is 0 Å². The molecule has 22 heavy (non-hydrogen) atoms. The molecule has 0 spiro atoms. The highest BCUT2D eigenvalue weighted by Gasteiger charge is 2.34. The lowest BCUT2D eigenvalue weighted by Gasteiger charge is -2.26. The van der Waals surface area contributed by atoms with Gasteiger partial charge in [-0.3, -0.25) is 0 Å². The Bertz CT molecular complexity index is 580. The Morgan fingerprint density at radius 1 is 1.00 bits per heavy atom. The highest BCUT2D eigenvalue weighted by molar-refractivity contribution is 6.76. The van der Waals surface area contributed by atoms with Gasteiger partial charge in [-0.1, -0.05) is 60.7 Å². The monoisotopic (exact) mass is 330 g/mol. The van der Waals surface area contributed by atoms with Gasteiger partial charge in [0.2, 0.25) is 0 Å². The average Bonchev–Trinajstić information content (AvgIpc) is 2.85. The van der Waals surface area contributed by atoms with Crippen LogP contribution in [-0.4, -0.2) is 16.9 Å². The minimum absolute atomic E-state index is 0.593. The zero-order valence-corrected chi connectivity index (χ0v) is 18.3. The quantitative estimate of drug-likeness (QED) is 0.532. The van der Waals surface area contributed by atoms with Crippen molar-refractivity contribution >= 4 is 16.9 Å². The lowest BCUT2D eigenvalue weighted by molar-refractivity contribution is 0.851. The predicted octanol–water partition coefficient (Wildman–Crippen LogP) is 6.28. The summed E-state index contributed by atoms with van der Waals surface area (Å²) in [6, 6.07) is 1.37. The van der Waals surface area contributed by atoms with Crippen LogP contribution in [0.5, 0.6) is 0 Å². The van der Waals surface area contributed by atoms with Crippen LogP contribution in [-0.2, 0) is 0 Å². The third-order valence-electron chi connectivity index (χ3n) is 5.53. The number of hydrogen-bond acceptors (Lipinski definition) is 0. The zero-order chi connectivity index (χ0) is 16.8. The van der Waals surface area contributed by atoms with Gasteiger partial charge in [-0.15, -0.1) is 0 Å². The van der Waals surface area contributed by atoms with Gasteiger partial charge in [0.1, 0.15) is 0 Å². The van der Waals surface area contributed by atoms with Gasteiger partial charge in [0.05, 0.1) is 8.80 Å². The van der Waals surface area contributed by atoms with E-state index in [1.165, 1.54) is 12.5 Å². The van der Waals surface area contributed by atoms with E-state index in [1.54, 1.807) is 38.6 Å². The summed E-state index contributed by atoms with van der Waals surface area (Å²) in [5.74, 6) is 0.593. The molecule has 0 saturated carbocycles. The fourth-order valence-corrected chi connectivity index (χ4v) is 7.36. The van der Waals surface area contributed by atoms with Crippen LogP contribution in [0.25, 0.3) is 0 Å². The van der Waals surface area contributed by atoms with Crippen LogP contribution in [0.1, 0.15) is 34.1 Å². The van der Waals surface area contributed by atoms with E-state index >= 15 is 0 Å². The van der Waals surface area contributed by atoms with Crippen molar-refractivity contribution in [1.29, 1.82) is 0 Å². The second kappa shape index (κ2) is 6.12. The van der Waals surface area contributed by atoms with Gasteiger partial charge >= 0.3 is 0 Å². The van der Waals surface area contributed by atoms with Gasteiger partial charge in [0.25, 0.3) is 0 Å². The largest absolute Gasteiger partial charge is 0.0812 e. The summed E-state index contributed by atoms with van der Waals surface area (Å²) in [7, 11) is -1.83. The lowest BCUT2D eigenvalue weighted by atomic mass is 9.87. The maximum absolute atomic E-state index is 2.59. The molecule has 0 aromatic carbocycles. The van der Waals surface area contributed by atoms with E-state index < -0.39 is 16.9 Å². The third kappa shape index (κ3) is 3.18. The van der Waals surface area contributed by atoms with Crippen LogP contribution in [0.2, 0.25) is 38.8 Å². The zero-order valence-electron chi connectivity index (χ0n) is 16.1. The SMILES string of the molecule is CC1=C(C)C(C2=C(C[Si](C)(C)C)CC=C2[SiH](C)C)C(C)=C1C. The molecular formula is C20H34Si2. The van der Waals surface area contributed by atoms with Gasteiger partial charge in [0, 0.05) is 14.0 Å². The van der Waals surface area contributed by atoms with Crippen LogP contribution in [0, 0.1) is 5.92 Å². The van der Waals surface area contributed by atoms with Crippen LogP contribution >= 0.6 is 0 Å². The van der Waals surface area contributed by atoms with E-state index in [9.17, 15) is 0 Å². The molecule has 2 aliphatic carbocycles. The topological polar surface area (TPSA) is 0 Å². The lowest BCUT2D eigenvalue weighted by Crippen LogP contribution is -2.22. The van der Waals surface area contributed by atoms with Crippen molar-refractivity contribution < 1.29 is 0 Å². The van der Waals surface area contributed by atoms with Crippen LogP contribution in [0.4, 0.5) is 0 Å². The molecule has 0 saturated heterocycles. The standard InChI is InChI=1S/C20H34Si2/c1-13-14(2)16(4)19(15(13)3)20-17(12-22(7,8)9)10-11-18(20)21(5)6/h11,19,21H,10,12H2,1-9H3. The molecule has 0 amide bonds. The summed E-state index contributed by atoms with van der Waals surface area (Å²) in [6.07, 6.45) is 3.82. The Hall–Kier alpha value is -0.606. The van der Waals surface area contributed by atoms with Crippen LogP contribution in [0.15, 0.2) is 44.7 Å². The first-order chi connectivity index (χ1) is 10.0. The van der Waals surface area contributed by atoms with E-state index in [0.29, 0.717) is 5.92 Å². The molecule has 0 radical (unpaired) electrons. The minimum Gasteiger partial charge on any atom is -0.0812 e. The van der Waals surface area contributed by atoms with Gasteiger partial charge in [-0.25, -0.2) is 0 Å². The molecular weight excluding hydrogens is 296 g/mol. The summed E-state index contributed by atoms with van der Waals surface area (Å²) in [5.41, 5.74) is 9.84. The molecule has 0 heterocycles. The minimum atomic E-state index is -1.07. The van der Waals surface area contributed by atoms with Crippen molar-refractivity contribution in [3.05, 3.63) is 44.7 Å². The third-order valence-corrected chi connectivity index (χ3v) is 8.80. The fraction of sp³-hybridized carbons (Fsp3) is 0.600. The molecule has 2 rings (SSSR count). The number of hydrogen-bond donors (Lipinski definition) is 0. The highest BCUT2D eigenvalue weighted by atomic mass is 28.3. The molecule has 0 bridgehead atoms. The summed E-state index contributed by atoms with van der Waals surface area (Å²) < 4.78 is 0. The van der Waals surface area contributed by atoms with Crippen LogP contribution < -0.4 is 0 Å². The van der Waals surface area contributed by atoms with Gasteiger partial charge in [-0.2, -0.15) is 0 Å². The summed E-state index contributed by atoms with van der Waals surface area (Å²) in [4.78, 5) is 0. The van der Waals surface area contributed by atoms with E-state index in [2.05, 4.69) is 66.5 Å².